The number of nitrogens with zero attached hydrogens (tertiary/aromatic N) is 1. The van der Waals surface area contributed by atoms with Crippen LogP contribution in [0.1, 0.15) is 26.4 Å². The van der Waals surface area contributed by atoms with Gasteiger partial charge in [-0.2, -0.15) is 13.2 Å². The second-order valence-electron chi connectivity index (χ2n) is 6.95. The molecule has 0 saturated carbocycles. The number of nitrogens with one attached hydrogen (secondary N) is 3. The maximum absolute atomic E-state index is 13.2. The summed E-state index contributed by atoms with van der Waals surface area (Å²) in [6.45, 7) is 0. The monoisotopic (exact) mass is 488 g/mol. The summed E-state index contributed by atoms with van der Waals surface area (Å²) < 4.78 is 49.6. The number of aromatic nitrogens is 1. The number of esters is 1. The number of benzene rings is 2. The first kappa shape index (κ1) is 25.0. The van der Waals surface area contributed by atoms with Crippen LogP contribution in [0, 0.1) is 0 Å². The molecule has 0 atom stereocenters. The molecular weight excluding hydrogens is 469 g/mol. The molecular formula is C23H19F3N4O5. The van der Waals surface area contributed by atoms with Crippen LogP contribution < -0.4 is 20.7 Å². The summed E-state index contributed by atoms with van der Waals surface area (Å²) in [5, 5.41) is 7.19. The fraction of sp³-hybridized carbons (Fsp3) is 0.130. The van der Waals surface area contributed by atoms with Crippen LogP contribution in [0.2, 0.25) is 0 Å². The van der Waals surface area contributed by atoms with Gasteiger partial charge in [0.05, 0.1) is 18.2 Å². The molecule has 0 unspecified atom stereocenters. The second kappa shape index (κ2) is 10.5. The van der Waals surface area contributed by atoms with Gasteiger partial charge in [0, 0.05) is 30.7 Å². The average Bonchev–Trinajstić information content (AvgIpc) is 2.83. The Kier molecular flexibility index (Phi) is 7.54. The summed E-state index contributed by atoms with van der Waals surface area (Å²) in [7, 11) is 2.51. The first-order valence-corrected chi connectivity index (χ1v) is 9.93. The van der Waals surface area contributed by atoms with E-state index < -0.39 is 23.7 Å². The molecule has 0 aliphatic heterocycles. The minimum absolute atomic E-state index is 0.171. The zero-order valence-electron chi connectivity index (χ0n) is 18.4. The Morgan fingerprint density at radius 2 is 1.57 bits per heavy atom. The van der Waals surface area contributed by atoms with Crippen molar-refractivity contribution >= 4 is 29.3 Å². The van der Waals surface area contributed by atoms with Crippen molar-refractivity contribution in [1.82, 2.24) is 10.3 Å². The number of hydrogen-bond acceptors (Lipinski definition) is 6. The zero-order valence-corrected chi connectivity index (χ0v) is 18.4. The van der Waals surface area contributed by atoms with Crippen LogP contribution >= 0.6 is 0 Å². The van der Waals surface area contributed by atoms with Gasteiger partial charge in [-0.1, -0.05) is 0 Å². The molecule has 0 bridgehead atoms. The van der Waals surface area contributed by atoms with Gasteiger partial charge in [-0.05, 0) is 48.5 Å². The fourth-order valence-corrected chi connectivity index (χ4v) is 2.86. The van der Waals surface area contributed by atoms with E-state index in [1.165, 1.54) is 43.6 Å². The molecule has 9 nitrogen and oxygen atoms in total. The second-order valence-corrected chi connectivity index (χ2v) is 6.95. The number of amides is 3. The minimum atomic E-state index is -4.73. The lowest BCUT2D eigenvalue weighted by molar-refractivity contribution is -0.137. The number of urea groups is 1. The van der Waals surface area contributed by atoms with E-state index in [2.05, 4.69) is 25.7 Å². The smallest absolute Gasteiger partial charge is 0.416 e. The lowest BCUT2D eigenvalue weighted by Gasteiger charge is -2.13. The van der Waals surface area contributed by atoms with Crippen LogP contribution in [0.5, 0.6) is 11.5 Å². The zero-order chi connectivity index (χ0) is 25.6. The van der Waals surface area contributed by atoms with E-state index in [1.807, 2.05) is 0 Å². The Hall–Kier alpha value is -4.61. The van der Waals surface area contributed by atoms with E-state index in [0.717, 1.165) is 13.2 Å². The highest BCUT2D eigenvalue weighted by atomic mass is 19.4. The lowest BCUT2D eigenvalue weighted by atomic mass is 10.1. The lowest BCUT2D eigenvalue weighted by Crippen LogP contribution is -2.20. The SMILES string of the molecule is CNC(=O)c1cc(Oc2ccc(NC(=O)Nc3cc(C(=O)OC)cc(C(F)(F)F)c3)cc2)ccn1. The summed E-state index contributed by atoms with van der Waals surface area (Å²) in [6, 6.07) is 10.7. The summed E-state index contributed by atoms with van der Waals surface area (Å²) >= 11 is 0. The fourth-order valence-electron chi connectivity index (χ4n) is 2.86. The number of rotatable bonds is 6. The molecule has 35 heavy (non-hydrogen) atoms. The van der Waals surface area contributed by atoms with E-state index in [1.54, 1.807) is 6.07 Å². The molecule has 0 fully saturated rings. The van der Waals surface area contributed by atoms with Crippen molar-refractivity contribution in [3.8, 4) is 11.5 Å². The molecule has 3 aromatic rings. The predicted octanol–water partition coefficient (Wildman–Crippen LogP) is 4.68. The Bertz CT molecular complexity index is 1250. The van der Waals surface area contributed by atoms with Crippen LogP contribution in [0.4, 0.5) is 29.3 Å². The Balaban J connectivity index is 1.68. The van der Waals surface area contributed by atoms with Crippen LogP contribution in [-0.4, -0.2) is 37.0 Å². The number of anilines is 2. The van der Waals surface area contributed by atoms with Crippen molar-refractivity contribution in [3.05, 3.63) is 77.6 Å². The molecule has 0 radical (unpaired) electrons. The summed E-state index contributed by atoms with van der Waals surface area (Å²) in [4.78, 5) is 39.6. The number of halogens is 3. The third-order valence-corrected chi connectivity index (χ3v) is 4.48. The number of carbonyl (C=O) groups is 3. The van der Waals surface area contributed by atoms with Crippen molar-refractivity contribution in [1.29, 1.82) is 0 Å². The number of carbonyl (C=O) groups excluding carboxylic acids is 3. The highest BCUT2D eigenvalue weighted by molar-refractivity contribution is 6.01. The first-order valence-electron chi connectivity index (χ1n) is 9.93. The normalized spacial score (nSPS) is 10.8. The van der Waals surface area contributed by atoms with E-state index >= 15 is 0 Å². The van der Waals surface area contributed by atoms with E-state index in [9.17, 15) is 27.6 Å². The Labute approximate surface area is 197 Å². The standard InChI is InChI=1S/C23H19F3N4O5/c1-27-20(31)19-12-18(7-8-28-19)35-17-5-3-15(4-6-17)29-22(33)30-16-10-13(21(32)34-2)9-14(11-16)23(24,25)26/h3-12H,1-2H3,(H,27,31)(H2,29,30,33). The largest absolute Gasteiger partial charge is 0.465 e. The number of pyridine rings is 1. The van der Waals surface area contributed by atoms with Gasteiger partial charge in [0.1, 0.15) is 17.2 Å². The van der Waals surface area contributed by atoms with Crippen molar-refractivity contribution in [2.75, 3.05) is 24.8 Å². The first-order chi connectivity index (χ1) is 16.6. The van der Waals surface area contributed by atoms with Gasteiger partial charge in [-0.15, -0.1) is 0 Å². The van der Waals surface area contributed by atoms with Gasteiger partial charge in [-0.25, -0.2) is 9.59 Å². The summed E-state index contributed by atoms with van der Waals surface area (Å²) in [5.41, 5.74) is -1.24. The van der Waals surface area contributed by atoms with Crippen LogP contribution in [-0.2, 0) is 10.9 Å². The third kappa shape index (κ3) is 6.69. The number of alkyl halides is 3. The van der Waals surface area contributed by atoms with Gasteiger partial charge >= 0.3 is 18.2 Å². The van der Waals surface area contributed by atoms with Crippen LogP contribution in [0.3, 0.4) is 0 Å². The number of ether oxygens (including phenoxy) is 2. The van der Waals surface area contributed by atoms with Gasteiger partial charge < -0.3 is 25.4 Å². The number of methoxy groups -OCH3 is 1. The van der Waals surface area contributed by atoms with Crippen molar-refractivity contribution in [3.63, 3.8) is 0 Å². The van der Waals surface area contributed by atoms with Crippen LogP contribution in [0.15, 0.2) is 60.8 Å². The van der Waals surface area contributed by atoms with Gasteiger partial charge in [0.2, 0.25) is 0 Å². The quantitative estimate of drug-likeness (QED) is 0.434. The molecule has 1 heterocycles. The van der Waals surface area contributed by atoms with Gasteiger partial charge in [-0.3, -0.25) is 9.78 Å². The van der Waals surface area contributed by atoms with Gasteiger partial charge in [0.25, 0.3) is 5.91 Å². The maximum atomic E-state index is 13.2. The summed E-state index contributed by atoms with van der Waals surface area (Å²) in [5.74, 6) is -0.596. The number of hydrogen-bond donors (Lipinski definition) is 3. The van der Waals surface area contributed by atoms with E-state index in [4.69, 9.17) is 4.74 Å². The highest BCUT2D eigenvalue weighted by Gasteiger charge is 2.32. The van der Waals surface area contributed by atoms with Crippen molar-refractivity contribution in [2.45, 2.75) is 6.18 Å². The van der Waals surface area contributed by atoms with E-state index in [-0.39, 0.29) is 22.9 Å². The van der Waals surface area contributed by atoms with Crippen molar-refractivity contribution < 1.29 is 37.0 Å². The topological polar surface area (TPSA) is 119 Å². The Morgan fingerprint density at radius 3 is 2.20 bits per heavy atom. The molecule has 3 rings (SSSR count). The highest BCUT2D eigenvalue weighted by Crippen LogP contribution is 2.32. The average molecular weight is 488 g/mol. The van der Waals surface area contributed by atoms with Gasteiger partial charge in [0.15, 0.2) is 0 Å². The summed E-state index contributed by atoms with van der Waals surface area (Å²) in [6.07, 6.45) is -3.32. The van der Waals surface area contributed by atoms with Crippen molar-refractivity contribution in [2.24, 2.45) is 0 Å². The Morgan fingerprint density at radius 1 is 0.886 bits per heavy atom. The molecule has 3 N–H and O–H groups in total. The molecule has 1 aromatic heterocycles. The molecule has 0 spiro atoms. The van der Waals surface area contributed by atoms with Crippen LogP contribution in [0.25, 0.3) is 0 Å². The van der Waals surface area contributed by atoms with E-state index in [0.29, 0.717) is 29.3 Å². The predicted molar refractivity (Wildman–Crippen MR) is 120 cm³/mol. The molecule has 3 amide bonds. The molecule has 0 aliphatic carbocycles. The molecule has 0 saturated heterocycles. The molecule has 0 aliphatic rings. The molecule has 182 valence electrons. The molecule has 12 heteroatoms. The molecule has 2 aromatic carbocycles. The minimum Gasteiger partial charge on any atom is -0.465 e. The third-order valence-electron chi connectivity index (χ3n) is 4.48. The maximum Gasteiger partial charge on any atom is 0.416 e.